The summed E-state index contributed by atoms with van der Waals surface area (Å²) >= 11 is 6.21. The topological polar surface area (TPSA) is 49.6 Å². The first-order valence-corrected chi connectivity index (χ1v) is 8.70. The largest absolute Gasteiger partial charge is 0.508 e. The van der Waals surface area contributed by atoms with Crippen LogP contribution in [0.5, 0.6) is 5.75 Å². The number of fused-ring (bicyclic) bond motifs is 1. The number of anilines is 2. The molecule has 4 rings (SSSR count). The number of phenols is 1. The first-order chi connectivity index (χ1) is 12.5. The summed E-state index contributed by atoms with van der Waals surface area (Å²) in [6, 6.07) is 17.0. The monoisotopic (exact) mass is 363 g/mol. The molecule has 0 radical (unpaired) electrons. The number of hydrogen-bond donors (Lipinski definition) is 2. The van der Waals surface area contributed by atoms with Crippen molar-refractivity contribution in [2.45, 2.75) is 13.8 Å². The lowest BCUT2D eigenvalue weighted by Crippen LogP contribution is -1.99. The van der Waals surface area contributed by atoms with E-state index < -0.39 is 0 Å². The van der Waals surface area contributed by atoms with Crippen LogP contribution in [0.2, 0.25) is 5.02 Å². The Balaban J connectivity index is 1.91. The second-order valence-electron chi connectivity index (χ2n) is 6.37. The molecule has 0 aliphatic heterocycles. The Hall–Kier alpha value is -2.98. The molecule has 0 aliphatic rings. The standard InChI is InChI=1S/C21H18ClN3O/c1-13-3-9-18(14(2)11-13)23-21-20(15-4-7-17(26)8-5-15)24-19-10-6-16(22)12-25(19)21/h3-12,23,26H,1-2H3. The minimum absolute atomic E-state index is 0.226. The van der Waals surface area contributed by atoms with E-state index in [-0.39, 0.29) is 5.75 Å². The van der Waals surface area contributed by atoms with Gasteiger partial charge < -0.3 is 10.4 Å². The summed E-state index contributed by atoms with van der Waals surface area (Å²) in [5.41, 5.74) is 5.89. The highest BCUT2D eigenvalue weighted by Gasteiger charge is 2.15. The maximum Gasteiger partial charge on any atom is 0.143 e. The Bertz CT molecular complexity index is 1100. The molecule has 2 N–H and O–H groups in total. The van der Waals surface area contributed by atoms with Crippen molar-refractivity contribution in [3.05, 3.63) is 76.9 Å². The number of benzene rings is 2. The van der Waals surface area contributed by atoms with E-state index in [0.717, 1.165) is 34.0 Å². The molecule has 4 aromatic rings. The number of aromatic nitrogens is 2. The first kappa shape index (κ1) is 16.5. The molecular formula is C21H18ClN3O. The van der Waals surface area contributed by atoms with Gasteiger partial charge in [0.1, 0.15) is 22.9 Å². The maximum atomic E-state index is 9.59. The van der Waals surface area contributed by atoms with Crippen molar-refractivity contribution in [2.24, 2.45) is 0 Å². The number of rotatable bonds is 3. The van der Waals surface area contributed by atoms with Gasteiger partial charge in [-0.05, 0) is 61.9 Å². The van der Waals surface area contributed by atoms with E-state index >= 15 is 0 Å². The Morgan fingerprint density at radius 3 is 2.50 bits per heavy atom. The van der Waals surface area contributed by atoms with Crippen LogP contribution in [0.3, 0.4) is 0 Å². The van der Waals surface area contributed by atoms with Gasteiger partial charge in [0.25, 0.3) is 0 Å². The minimum atomic E-state index is 0.226. The van der Waals surface area contributed by atoms with Crippen LogP contribution in [0.25, 0.3) is 16.9 Å². The van der Waals surface area contributed by atoms with E-state index in [1.54, 1.807) is 12.1 Å². The van der Waals surface area contributed by atoms with Crippen molar-refractivity contribution < 1.29 is 5.11 Å². The summed E-state index contributed by atoms with van der Waals surface area (Å²) in [7, 11) is 0. The van der Waals surface area contributed by atoms with Crippen LogP contribution >= 0.6 is 11.6 Å². The molecule has 0 fully saturated rings. The van der Waals surface area contributed by atoms with E-state index in [4.69, 9.17) is 16.6 Å². The normalized spacial score (nSPS) is 11.0. The Morgan fingerprint density at radius 2 is 1.77 bits per heavy atom. The predicted molar refractivity (Wildman–Crippen MR) is 107 cm³/mol. The van der Waals surface area contributed by atoms with Crippen LogP contribution in [-0.4, -0.2) is 14.5 Å². The number of phenolic OH excluding ortho intramolecular Hbond substituents is 1. The SMILES string of the molecule is Cc1ccc(Nc2c(-c3ccc(O)cc3)nc3ccc(Cl)cn23)c(C)c1. The molecule has 0 bridgehead atoms. The van der Waals surface area contributed by atoms with E-state index in [1.165, 1.54) is 5.56 Å². The zero-order chi connectivity index (χ0) is 18.3. The van der Waals surface area contributed by atoms with Gasteiger partial charge in [-0.3, -0.25) is 4.40 Å². The second kappa shape index (κ2) is 6.39. The number of nitrogens with one attached hydrogen (secondary N) is 1. The fourth-order valence-corrected chi connectivity index (χ4v) is 3.20. The third kappa shape index (κ3) is 3.00. The number of halogens is 1. The highest BCUT2D eigenvalue weighted by Crippen LogP contribution is 2.33. The molecule has 0 aliphatic carbocycles. The Kier molecular flexibility index (Phi) is 4.05. The molecule has 2 aromatic heterocycles. The van der Waals surface area contributed by atoms with Gasteiger partial charge in [-0.15, -0.1) is 0 Å². The maximum absolute atomic E-state index is 9.59. The lowest BCUT2D eigenvalue weighted by molar-refractivity contribution is 0.475. The average Bonchev–Trinajstić information content (AvgIpc) is 2.96. The van der Waals surface area contributed by atoms with Crippen LogP contribution in [0.4, 0.5) is 11.5 Å². The van der Waals surface area contributed by atoms with Crippen LogP contribution in [-0.2, 0) is 0 Å². The lowest BCUT2D eigenvalue weighted by atomic mass is 10.1. The highest BCUT2D eigenvalue weighted by atomic mass is 35.5. The number of aryl methyl sites for hydroxylation is 2. The van der Waals surface area contributed by atoms with E-state index in [1.807, 2.05) is 34.9 Å². The second-order valence-corrected chi connectivity index (χ2v) is 6.81. The van der Waals surface area contributed by atoms with Gasteiger partial charge in [0.2, 0.25) is 0 Å². The van der Waals surface area contributed by atoms with E-state index in [9.17, 15) is 5.11 Å². The van der Waals surface area contributed by atoms with Crippen molar-refractivity contribution in [1.29, 1.82) is 0 Å². The fraction of sp³-hybridized carbons (Fsp3) is 0.0952. The highest BCUT2D eigenvalue weighted by molar-refractivity contribution is 6.30. The van der Waals surface area contributed by atoms with Crippen LogP contribution in [0, 0.1) is 13.8 Å². The molecule has 0 unspecified atom stereocenters. The predicted octanol–water partition coefficient (Wildman–Crippen LogP) is 5.72. The molecule has 26 heavy (non-hydrogen) atoms. The van der Waals surface area contributed by atoms with Gasteiger partial charge in [0, 0.05) is 17.4 Å². The number of hydrogen-bond acceptors (Lipinski definition) is 3. The number of imidazole rings is 1. The number of nitrogens with zero attached hydrogens (tertiary/aromatic N) is 2. The van der Waals surface area contributed by atoms with Gasteiger partial charge in [-0.25, -0.2) is 4.98 Å². The van der Waals surface area contributed by atoms with Crippen molar-refractivity contribution in [1.82, 2.24) is 9.38 Å². The number of aromatic hydroxyl groups is 1. The third-order valence-electron chi connectivity index (χ3n) is 4.36. The molecule has 0 amide bonds. The van der Waals surface area contributed by atoms with Crippen molar-refractivity contribution in [3.63, 3.8) is 0 Å². The Morgan fingerprint density at radius 1 is 1.00 bits per heavy atom. The van der Waals surface area contributed by atoms with Crippen LogP contribution in [0.15, 0.2) is 60.8 Å². The van der Waals surface area contributed by atoms with Crippen LogP contribution < -0.4 is 5.32 Å². The van der Waals surface area contributed by atoms with E-state index in [0.29, 0.717) is 5.02 Å². The summed E-state index contributed by atoms with van der Waals surface area (Å²) in [6.07, 6.45) is 1.85. The Labute approximate surface area is 156 Å². The summed E-state index contributed by atoms with van der Waals surface area (Å²) in [5, 5.41) is 13.7. The summed E-state index contributed by atoms with van der Waals surface area (Å²) in [5.74, 6) is 1.06. The molecule has 5 heteroatoms. The number of pyridine rings is 1. The molecule has 2 aromatic carbocycles. The first-order valence-electron chi connectivity index (χ1n) is 8.32. The molecule has 0 saturated heterocycles. The smallest absolute Gasteiger partial charge is 0.143 e. The van der Waals surface area contributed by atoms with Gasteiger partial charge in [-0.2, -0.15) is 0 Å². The quantitative estimate of drug-likeness (QED) is 0.489. The fourth-order valence-electron chi connectivity index (χ4n) is 3.04. The zero-order valence-corrected chi connectivity index (χ0v) is 15.2. The molecule has 4 nitrogen and oxygen atoms in total. The van der Waals surface area contributed by atoms with Crippen LogP contribution in [0.1, 0.15) is 11.1 Å². The average molecular weight is 364 g/mol. The van der Waals surface area contributed by atoms with Gasteiger partial charge in [0.05, 0.1) is 5.02 Å². The van der Waals surface area contributed by atoms with Crippen molar-refractivity contribution in [3.8, 4) is 17.0 Å². The van der Waals surface area contributed by atoms with E-state index in [2.05, 4.69) is 37.4 Å². The third-order valence-corrected chi connectivity index (χ3v) is 4.58. The molecule has 2 heterocycles. The molecule has 0 spiro atoms. The summed E-state index contributed by atoms with van der Waals surface area (Å²) in [4.78, 5) is 4.76. The van der Waals surface area contributed by atoms with Crippen molar-refractivity contribution in [2.75, 3.05) is 5.32 Å². The van der Waals surface area contributed by atoms with Crippen molar-refractivity contribution >= 4 is 28.8 Å². The van der Waals surface area contributed by atoms with Gasteiger partial charge >= 0.3 is 0 Å². The molecule has 130 valence electrons. The molecule has 0 saturated carbocycles. The molecule has 0 atom stereocenters. The lowest BCUT2D eigenvalue weighted by Gasteiger charge is -2.12. The zero-order valence-electron chi connectivity index (χ0n) is 14.5. The molecular weight excluding hydrogens is 346 g/mol. The van der Waals surface area contributed by atoms with Gasteiger partial charge in [-0.1, -0.05) is 29.3 Å². The summed E-state index contributed by atoms with van der Waals surface area (Å²) < 4.78 is 1.95. The van der Waals surface area contributed by atoms with Gasteiger partial charge in [0.15, 0.2) is 0 Å². The minimum Gasteiger partial charge on any atom is -0.508 e. The summed E-state index contributed by atoms with van der Waals surface area (Å²) in [6.45, 7) is 4.15.